The molecule has 0 N–H and O–H groups in total. The molecule has 0 saturated carbocycles. The number of fused-ring (bicyclic) bond motifs is 1. The van der Waals surface area contributed by atoms with Gasteiger partial charge in [-0.3, -0.25) is 19.2 Å². The Kier molecular flexibility index (Phi) is 5.43. The maximum atomic E-state index is 12.8. The van der Waals surface area contributed by atoms with Gasteiger partial charge >= 0.3 is 5.97 Å². The van der Waals surface area contributed by atoms with Gasteiger partial charge in [-0.2, -0.15) is 5.10 Å². The zero-order valence-corrected chi connectivity index (χ0v) is 16.6. The molecule has 1 aliphatic rings. The monoisotopic (exact) mass is 403 g/mol. The first-order chi connectivity index (χ1) is 14.5. The Labute approximate surface area is 173 Å². The molecule has 2 heterocycles. The lowest BCUT2D eigenvalue weighted by Crippen LogP contribution is -2.29. The van der Waals surface area contributed by atoms with Gasteiger partial charge in [0.15, 0.2) is 0 Å². The number of benzene rings is 2. The van der Waals surface area contributed by atoms with Gasteiger partial charge in [0.1, 0.15) is 0 Å². The molecule has 0 bridgehead atoms. The molecule has 30 heavy (non-hydrogen) atoms. The minimum absolute atomic E-state index is 0.196. The summed E-state index contributed by atoms with van der Waals surface area (Å²) in [7, 11) is 1.85. The lowest BCUT2D eigenvalue weighted by molar-refractivity contribution is 0.0500. The topological polar surface area (TPSA) is 81.5 Å². The molecule has 0 radical (unpaired) electrons. The molecule has 3 aromatic rings. The minimum Gasteiger partial charge on any atom is -0.462 e. The van der Waals surface area contributed by atoms with Crippen LogP contribution >= 0.6 is 0 Å². The van der Waals surface area contributed by atoms with Crippen molar-refractivity contribution >= 4 is 17.8 Å². The number of aromatic nitrogens is 2. The number of carbonyl (C=O) groups is 3. The van der Waals surface area contributed by atoms with Crippen molar-refractivity contribution in [2.24, 2.45) is 7.05 Å². The maximum absolute atomic E-state index is 12.8. The maximum Gasteiger partial charge on any atom is 0.338 e. The molecule has 0 atom stereocenters. The third kappa shape index (κ3) is 4.00. The van der Waals surface area contributed by atoms with E-state index in [4.69, 9.17) is 4.74 Å². The van der Waals surface area contributed by atoms with Crippen molar-refractivity contribution in [1.82, 2.24) is 14.7 Å². The van der Waals surface area contributed by atoms with Gasteiger partial charge in [-0.15, -0.1) is 0 Å². The highest BCUT2D eigenvalue weighted by Gasteiger charge is 2.36. The van der Waals surface area contributed by atoms with Crippen LogP contribution in [-0.4, -0.2) is 39.1 Å². The van der Waals surface area contributed by atoms with Gasteiger partial charge < -0.3 is 4.74 Å². The molecule has 1 aliphatic heterocycles. The lowest BCUT2D eigenvalue weighted by Gasteiger charge is -2.13. The Hall–Kier alpha value is -3.74. The average molecular weight is 403 g/mol. The smallest absolute Gasteiger partial charge is 0.338 e. The number of hydrogen-bond donors (Lipinski definition) is 0. The van der Waals surface area contributed by atoms with Crippen LogP contribution in [0.15, 0.2) is 60.9 Å². The van der Waals surface area contributed by atoms with E-state index < -0.39 is 11.9 Å². The predicted octanol–water partition coefficient (Wildman–Crippen LogP) is 3.01. The van der Waals surface area contributed by atoms with Gasteiger partial charge in [0.05, 0.1) is 36.0 Å². The van der Waals surface area contributed by atoms with E-state index in [2.05, 4.69) is 5.10 Å². The number of esters is 1. The summed E-state index contributed by atoms with van der Waals surface area (Å²) in [6, 6.07) is 13.8. The Morgan fingerprint density at radius 1 is 1.00 bits per heavy atom. The molecule has 0 spiro atoms. The number of aryl methyl sites for hydroxylation is 2. The first-order valence-electron chi connectivity index (χ1n) is 9.72. The number of rotatable bonds is 7. The van der Waals surface area contributed by atoms with E-state index in [1.165, 1.54) is 23.1 Å². The molecule has 7 nitrogen and oxygen atoms in total. The molecule has 0 fully saturated rings. The highest BCUT2D eigenvalue weighted by molar-refractivity contribution is 6.21. The first-order valence-corrected chi connectivity index (χ1v) is 9.72. The van der Waals surface area contributed by atoms with Gasteiger partial charge in [-0.25, -0.2) is 4.79 Å². The molecule has 2 amide bonds. The molecule has 2 aromatic carbocycles. The quantitative estimate of drug-likeness (QED) is 0.344. The summed E-state index contributed by atoms with van der Waals surface area (Å²) < 4.78 is 7.05. The molecule has 0 saturated heterocycles. The molecule has 152 valence electrons. The third-order valence-electron chi connectivity index (χ3n) is 4.99. The van der Waals surface area contributed by atoms with Crippen LogP contribution in [-0.2, 0) is 24.8 Å². The highest BCUT2D eigenvalue weighted by Crippen LogP contribution is 2.26. The molecule has 0 aliphatic carbocycles. The fourth-order valence-corrected chi connectivity index (χ4v) is 3.45. The summed E-state index contributed by atoms with van der Waals surface area (Å²) in [6.07, 6.45) is 5.13. The number of carbonyl (C=O) groups excluding carboxylic acids is 3. The van der Waals surface area contributed by atoms with E-state index in [1.54, 1.807) is 10.9 Å². The zero-order valence-electron chi connectivity index (χ0n) is 16.6. The van der Waals surface area contributed by atoms with Crippen LogP contribution in [0.1, 0.15) is 48.6 Å². The fraction of sp³-hybridized carbons (Fsp3) is 0.217. The van der Waals surface area contributed by atoms with Crippen molar-refractivity contribution < 1.29 is 19.1 Å². The molecule has 0 unspecified atom stereocenters. The lowest BCUT2D eigenvalue weighted by atomic mass is 10.1. The fourth-order valence-electron chi connectivity index (χ4n) is 3.45. The number of ether oxygens (including phenoxy) is 1. The van der Waals surface area contributed by atoms with Crippen LogP contribution < -0.4 is 0 Å². The summed E-state index contributed by atoms with van der Waals surface area (Å²) in [4.78, 5) is 38.9. The SMILES string of the molecule is Cn1cc(CCCOC(=O)c2ccc3c(c2)C(=O)N(Cc2ccccc2)C3=O)cn1. The standard InChI is InChI=1S/C23H21N3O4/c1-25-14-17(13-24-25)8-5-11-30-23(29)18-9-10-19-20(12-18)22(28)26(21(19)27)15-16-6-3-2-4-7-16/h2-4,6-7,9-10,12-14H,5,8,11,15H2,1H3. The second kappa shape index (κ2) is 8.32. The predicted molar refractivity (Wildman–Crippen MR) is 109 cm³/mol. The number of amides is 2. The molecule has 1 aromatic heterocycles. The van der Waals surface area contributed by atoms with Crippen LogP contribution in [0.2, 0.25) is 0 Å². The third-order valence-corrected chi connectivity index (χ3v) is 4.99. The summed E-state index contributed by atoms with van der Waals surface area (Å²) in [5.74, 6) is -1.26. The molecular weight excluding hydrogens is 382 g/mol. The van der Waals surface area contributed by atoms with Crippen molar-refractivity contribution in [3.05, 3.63) is 88.7 Å². The summed E-state index contributed by atoms with van der Waals surface area (Å²) in [5.41, 5.74) is 2.75. The average Bonchev–Trinajstić information content (AvgIpc) is 3.28. The van der Waals surface area contributed by atoms with E-state index in [-0.39, 0.29) is 30.2 Å². The second-order valence-corrected chi connectivity index (χ2v) is 7.20. The second-order valence-electron chi connectivity index (χ2n) is 7.20. The molecular formula is C23H21N3O4. The van der Waals surface area contributed by atoms with E-state index in [9.17, 15) is 14.4 Å². The largest absolute Gasteiger partial charge is 0.462 e. The van der Waals surface area contributed by atoms with Crippen molar-refractivity contribution in [2.45, 2.75) is 19.4 Å². The number of hydrogen-bond acceptors (Lipinski definition) is 5. The highest BCUT2D eigenvalue weighted by atomic mass is 16.5. The van der Waals surface area contributed by atoms with E-state index in [1.807, 2.05) is 43.6 Å². The van der Waals surface area contributed by atoms with Crippen molar-refractivity contribution in [1.29, 1.82) is 0 Å². The molecule has 7 heteroatoms. The normalized spacial score (nSPS) is 12.9. The van der Waals surface area contributed by atoms with Crippen LogP contribution in [0.3, 0.4) is 0 Å². The van der Waals surface area contributed by atoms with Crippen LogP contribution in [0.25, 0.3) is 0 Å². The summed E-state index contributed by atoms with van der Waals surface area (Å²) in [6.45, 7) is 0.457. The van der Waals surface area contributed by atoms with Gasteiger partial charge in [-0.1, -0.05) is 30.3 Å². The first kappa shape index (κ1) is 19.6. The number of imide groups is 1. The summed E-state index contributed by atoms with van der Waals surface area (Å²) in [5, 5.41) is 4.10. The number of nitrogens with zero attached hydrogens (tertiary/aromatic N) is 3. The van der Waals surface area contributed by atoms with Gasteiger partial charge in [0.25, 0.3) is 11.8 Å². The summed E-state index contributed by atoms with van der Waals surface area (Å²) >= 11 is 0. The Morgan fingerprint density at radius 3 is 2.50 bits per heavy atom. The van der Waals surface area contributed by atoms with Crippen molar-refractivity contribution in [3.8, 4) is 0 Å². The minimum atomic E-state index is -0.509. The van der Waals surface area contributed by atoms with Gasteiger partial charge in [0, 0.05) is 13.2 Å². The Balaban J connectivity index is 1.38. The van der Waals surface area contributed by atoms with Crippen molar-refractivity contribution in [2.75, 3.05) is 6.61 Å². The van der Waals surface area contributed by atoms with Gasteiger partial charge in [-0.05, 0) is 42.2 Å². The van der Waals surface area contributed by atoms with Crippen LogP contribution in [0.5, 0.6) is 0 Å². The van der Waals surface area contributed by atoms with Gasteiger partial charge in [0.2, 0.25) is 0 Å². The van der Waals surface area contributed by atoms with E-state index in [0.717, 1.165) is 17.5 Å². The van der Waals surface area contributed by atoms with E-state index >= 15 is 0 Å². The van der Waals surface area contributed by atoms with Crippen LogP contribution in [0.4, 0.5) is 0 Å². The van der Waals surface area contributed by atoms with Crippen LogP contribution in [0, 0.1) is 0 Å². The molecule has 4 rings (SSSR count). The van der Waals surface area contributed by atoms with E-state index in [0.29, 0.717) is 12.0 Å². The Morgan fingerprint density at radius 2 is 1.77 bits per heavy atom. The zero-order chi connectivity index (χ0) is 21.1. The van der Waals surface area contributed by atoms with Crippen molar-refractivity contribution in [3.63, 3.8) is 0 Å². The Bertz CT molecular complexity index is 1100.